The van der Waals surface area contributed by atoms with Gasteiger partial charge in [0.1, 0.15) is 6.61 Å². The van der Waals surface area contributed by atoms with Gasteiger partial charge in [-0.2, -0.15) is 4.98 Å². The van der Waals surface area contributed by atoms with Gasteiger partial charge in [0, 0.05) is 24.5 Å². The Morgan fingerprint density at radius 1 is 1.09 bits per heavy atom. The number of amides is 2. The molecule has 0 saturated heterocycles. The number of carbonyl (C=O) groups excluding carboxylic acids is 1. The van der Waals surface area contributed by atoms with Gasteiger partial charge in [0.15, 0.2) is 11.6 Å². The van der Waals surface area contributed by atoms with E-state index >= 15 is 0 Å². The molecule has 4 bridgehead atoms. The van der Waals surface area contributed by atoms with Crippen molar-refractivity contribution >= 4 is 39.2 Å². The van der Waals surface area contributed by atoms with Crippen molar-refractivity contribution in [1.29, 1.82) is 0 Å². The van der Waals surface area contributed by atoms with Crippen LogP contribution >= 0.6 is 0 Å². The summed E-state index contributed by atoms with van der Waals surface area (Å²) in [5.41, 5.74) is 1.23. The van der Waals surface area contributed by atoms with Crippen molar-refractivity contribution in [2.45, 2.75) is 11.3 Å². The number of urea groups is 1. The molecular weight excluding hydrogens is 458 g/mol. The summed E-state index contributed by atoms with van der Waals surface area (Å²) >= 11 is 0. The number of nitrogens with zero attached hydrogens (tertiary/aromatic N) is 2. The fourth-order valence-electron chi connectivity index (χ4n) is 3.14. The van der Waals surface area contributed by atoms with Crippen molar-refractivity contribution in [3.05, 3.63) is 60.8 Å². The Labute approximate surface area is 197 Å². The van der Waals surface area contributed by atoms with Crippen LogP contribution < -0.4 is 30.7 Å². The minimum Gasteiger partial charge on any atom is -0.486 e. The Morgan fingerprint density at radius 3 is 2.79 bits per heavy atom. The summed E-state index contributed by atoms with van der Waals surface area (Å²) in [5.74, 6) is 1.17. The van der Waals surface area contributed by atoms with E-state index < -0.39 is 10.0 Å². The van der Waals surface area contributed by atoms with Gasteiger partial charge in [0.2, 0.25) is 16.0 Å². The summed E-state index contributed by atoms with van der Waals surface area (Å²) < 4.78 is 33.3. The molecule has 0 spiro atoms. The van der Waals surface area contributed by atoms with Crippen LogP contribution in [0.3, 0.4) is 0 Å². The Balaban J connectivity index is 1.39. The van der Waals surface area contributed by atoms with E-state index in [0.29, 0.717) is 35.9 Å². The lowest BCUT2D eigenvalue weighted by Gasteiger charge is -2.14. The zero-order chi connectivity index (χ0) is 23.8. The Hall–Kier alpha value is -3.90. The van der Waals surface area contributed by atoms with Crippen LogP contribution in [-0.2, 0) is 10.0 Å². The zero-order valence-electron chi connectivity index (χ0n) is 18.2. The summed E-state index contributed by atoms with van der Waals surface area (Å²) in [6.45, 7) is 1.20. The summed E-state index contributed by atoms with van der Waals surface area (Å²) in [6.07, 6.45) is 2.06. The first kappa shape index (κ1) is 23.3. The normalized spacial score (nSPS) is 14.7. The first-order valence-corrected chi connectivity index (χ1v) is 12.2. The van der Waals surface area contributed by atoms with Crippen molar-refractivity contribution in [2.75, 3.05) is 42.2 Å². The fraction of sp³-hybridized carbons (Fsp3) is 0.227. The number of nitrogens with one attached hydrogen (secondary N) is 5. The van der Waals surface area contributed by atoms with Gasteiger partial charge in [0.05, 0.1) is 17.6 Å². The first-order valence-electron chi connectivity index (χ1n) is 10.7. The molecule has 11 nitrogen and oxygen atoms in total. The number of carbonyl (C=O) groups is 1. The average Bonchev–Trinajstić information content (AvgIpc) is 2.83. The summed E-state index contributed by atoms with van der Waals surface area (Å²) in [5, 5.41) is 11.6. The molecule has 2 heterocycles. The number of ether oxygens (including phenoxy) is 1. The molecule has 178 valence electrons. The lowest BCUT2D eigenvalue weighted by molar-refractivity contribution is 0.247. The largest absolute Gasteiger partial charge is 0.486 e. The van der Waals surface area contributed by atoms with Crippen molar-refractivity contribution < 1.29 is 17.9 Å². The molecule has 0 atom stereocenters. The van der Waals surface area contributed by atoms with Gasteiger partial charge in [0.25, 0.3) is 0 Å². The number of rotatable bonds is 5. The van der Waals surface area contributed by atoms with Crippen molar-refractivity contribution in [2.24, 2.45) is 0 Å². The minimum absolute atomic E-state index is 0.161. The molecule has 1 aliphatic heterocycles. The highest BCUT2D eigenvalue weighted by Gasteiger charge is 2.16. The third-order valence-electron chi connectivity index (χ3n) is 4.77. The van der Waals surface area contributed by atoms with Crippen LogP contribution in [0.1, 0.15) is 6.42 Å². The monoisotopic (exact) mass is 483 g/mol. The number of hydrogen-bond acceptors (Lipinski definition) is 8. The van der Waals surface area contributed by atoms with E-state index in [1.54, 1.807) is 24.3 Å². The molecule has 12 heteroatoms. The molecular formula is C22H25N7O4S. The van der Waals surface area contributed by atoms with E-state index in [2.05, 4.69) is 36.0 Å². The molecule has 34 heavy (non-hydrogen) atoms. The first-order chi connectivity index (χ1) is 16.5. The van der Waals surface area contributed by atoms with Crippen molar-refractivity contribution in [1.82, 2.24) is 20.0 Å². The predicted molar refractivity (Wildman–Crippen MR) is 129 cm³/mol. The van der Waals surface area contributed by atoms with Gasteiger partial charge in [-0.25, -0.2) is 22.9 Å². The molecule has 0 radical (unpaired) electrons. The maximum atomic E-state index is 12.5. The average molecular weight is 484 g/mol. The molecule has 0 unspecified atom stereocenters. The number of hydrogen-bond donors (Lipinski definition) is 5. The van der Waals surface area contributed by atoms with Crippen molar-refractivity contribution in [3.63, 3.8) is 0 Å². The van der Waals surface area contributed by atoms with Crippen LogP contribution in [0, 0.1) is 0 Å². The van der Waals surface area contributed by atoms with E-state index in [1.165, 1.54) is 18.3 Å². The highest BCUT2D eigenvalue weighted by molar-refractivity contribution is 7.89. The van der Waals surface area contributed by atoms with Crippen LogP contribution in [-0.4, -0.2) is 50.7 Å². The molecule has 5 N–H and O–H groups in total. The standard InChI is InChI=1S/C22H25N7O4S/c30-22(28-16-6-2-1-3-7-16)24-12-13-33-19-15-25-21-27-17-8-4-9-18(14-17)34(31,32)26-11-5-10-23-20(19)29-21/h1-4,6-9,14-15,26H,5,10-13H2,(H2,24,28,30)(H2,23,25,27,29). The second kappa shape index (κ2) is 10.8. The number of aromatic nitrogens is 2. The molecule has 4 rings (SSSR count). The van der Waals surface area contributed by atoms with E-state index in [1.807, 2.05) is 18.2 Å². The second-order valence-corrected chi connectivity index (χ2v) is 9.10. The molecule has 2 amide bonds. The van der Waals surface area contributed by atoms with Gasteiger partial charge in [-0.3, -0.25) is 0 Å². The third-order valence-corrected chi connectivity index (χ3v) is 6.23. The number of benzene rings is 2. The third kappa shape index (κ3) is 6.33. The molecule has 0 saturated carbocycles. The van der Waals surface area contributed by atoms with Gasteiger partial charge < -0.3 is 26.0 Å². The van der Waals surface area contributed by atoms with Crippen LogP contribution in [0.15, 0.2) is 65.7 Å². The Kier molecular flexibility index (Phi) is 7.40. The number of fused-ring (bicyclic) bond motifs is 4. The van der Waals surface area contributed by atoms with Gasteiger partial charge in [-0.1, -0.05) is 24.3 Å². The molecule has 0 fully saturated rings. The molecule has 1 aromatic heterocycles. The summed E-state index contributed by atoms with van der Waals surface area (Å²) in [4.78, 5) is 20.9. The van der Waals surface area contributed by atoms with Crippen LogP contribution in [0.25, 0.3) is 0 Å². The number of para-hydroxylation sites is 1. The Bertz CT molecular complexity index is 1240. The molecule has 1 aliphatic rings. The SMILES string of the molecule is O=C(NCCOc1cnc2nc1NCCCNS(=O)(=O)c1cccc(c1)N2)Nc1ccccc1. The molecule has 0 aliphatic carbocycles. The lowest BCUT2D eigenvalue weighted by atomic mass is 10.3. The van der Waals surface area contributed by atoms with Crippen LogP contribution in [0.5, 0.6) is 5.75 Å². The Morgan fingerprint density at radius 2 is 1.94 bits per heavy atom. The number of sulfonamides is 1. The predicted octanol–water partition coefficient (Wildman–Crippen LogP) is 2.51. The quantitative estimate of drug-likeness (QED) is 0.348. The number of anilines is 4. The summed E-state index contributed by atoms with van der Waals surface area (Å²) in [7, 11) is -3.61. The highest BCUT2D eigenvalue weighted by Crippen LogP contribution is 2.25. The fourth-order valence-corrected chi connectivity index (χ4v) is 4.26. The second-order valence-electron chi connectivity index (χ2n) is 7.33. The van der Waals surface area contributed by atoms with Crippen LogP contribution in [0.4, 0.5) is 27.9 Å². The highest BCUT2D eigenvalue weighted by atomic mass is 32.2. The molecule has 3 aromatic rings. The lowest BCUT2D eigenvalue weighted by Crippen LogP contribution is -2.32. The van der Waals surface area contributed by atoms with E-state index in [-0.39, 0.29) is 36.6 Å². The van der Waals surface area contributed by atoms with Gasteiger partial charge in [-0.15, -0.1) is 0 Å². The smallest absolute Gasteiger partial charge is 0.319 e. The minimum atomic E-state index is -3.61. The van der Waals surface area contributed by atoms with E-state index in [0.717, 1.165) is 0 Å². The van der Waals surface area contributed by atoms with E-state index in [9.17, 15) is 13.2 Å². The van der Waals surface area contributed by atoms with Gasteiger partial charge >= 0.3 is 6.03 Å². The van der Waals surface area contributed by atoms with Crippen molar-refractivity contribution in [3.8, 4) is 5.75 Å². The maximum absolute atomic E-state index is 12.5. The van der Waals surface area contributed by atoms with Gasteiger partial charge in [-0.05, 0) is 36.8 Å². The van der Waals surface area contributed by atoms with E-state index in [4.69, 9.17) is 4.74 Å². The molecule has 2 aromatic carbocycles. The van der Waals surface area contributed by atoms with Crippen LogP contribution in [0.2, 0.25) is 0 Å². The topological polar surface area (TPSA) is 146 Å². The zero-order valence-corrected chi connectivity index (χ0v) is 19.1. The maximum Gasteiger partial charge on any atom is 0.319 e. The summed E-state index contributed by atoms with van der Waals surface area (Å²) in [6, 6.07) is 15.2.